The fraction of sp³-hybridized carbons (Fsp3) is 0.318. The summed E-state index contributed by atoms with van der Waals surface area (Å²) in [5.41, 5.74) is 3.41. The third kappa shape index (κ3) is 10.3. The van der Waals surface area contributed by atoms with Crippen LogP contribution in [0.25, 0.3) is 0 Å². The van der Waals surface area contributed by atoms with E-state index < -0.39 is 8.15 Å². The first-order valence-corrected chi connectivity index (χ1v) is 18.7. The molecular weight excluding hydrogens is 671 g/mol. The van der Waals surface area contributed by atoms with Crippen LogP contribution in [0.2, 0.25) is 0 Å². The Morgan fingerprint density at radius 1 is 0.481 bits per heavy atom. The molecule has 274 valence electrons. The number of methoxy groups -OCH3 is 2. The molecule has 0 aliphatic carbocycles. The van der Waals surface area contributed by atoms with Crippen LogP contribution in [0.4, 0.5) is 0 Å². The molecule has 0 radical (unpaired) electrons. The summed E-state index contributed by atoms with van der Waals surface area (Å²) >= 11 is 0. The van der Waals surface area contributed by atoms with Crippen molar-refractivity contribution < 1.29 is 32.9 Å². The van der Waals surface area contributed by atoms with Gasteiger partial charge in [0.1, 0.15) is 28.7 Å². The highest BCUT2D eigenvalue weighted by Crippen LogP contribution is 2.48. The van der Waals surface area contributed by atoms with Gasteiger partial charge in [0.25, 0.3) is 0 Å². The topological polar surface area (TPSA) is 64.6 Å². The van der Waals surface area contributed by atoms with E-state index in [1.165, 1.54) is 0 Å². The van der Waals surface area contributed by atoms with Crippen molar-refractivity contribution in [3.05, 3.63) is 138 Å². The monoisotopic (exact) mass is 722 g/mol. The Morgan fingerprint density at radius 2 is 0.865 bits per heavy atom. The molecule has 52 heavy (non-hydrogen) atoms. The lowest BCUT2D eigenvalue weighted by Gasteiger charge is -2.31. The van der Waals surface area contributed by atoms with E-state index in [4.69, 9.17) is 32.9 Å². The first-order chi connectivity index (χ1) is 25.0. The Morgan fingerprint density at radius 3 is 1.23 bits per heavy atom. The van der Waals surface area contributed by atoms with E-state index in [2.05, 4.69) is 41.5 Å². The van der Waals surface area contributed by atoms with E-state index in [0.29, 0.717) is 42.0 Å². The number of rotatable bonds is 16. The standard InChI is InChI=1S/C44H51O7P/c1-43(2,3)37-24-35(45-7)26-39(41(37)49-30-47-28-32-18-12-9-13-19-32)52(51-34-22-16-11-17-23-34)40-27-36(46-8)25-38(44(4,5)6)42(40)50-31-48-29-33-20-14-10-15-21-33/h9-27H,28-31H2,1-8H3. The van der Waals surface area contributed by atoms with Crippen LogP contribution in [0.5, 0.6) is 28.7 Å². The minimum Gasteiger partial charge on any atom is -0.497 e. The van der Waals surface area contributed by atoms with Gasteiger partial charge >= 0.3 is 0 Å². The minimum atomic E-state index is -1.69. The van der Waals surface area contributed by atoms with Crippen LogP contribution in [0, 0.1) is 0 Å². The zero-order valence-electron chi connectivity index (χ0n) is 31.6. The second-order valence-electron chi connectivity index (χ2n) is 14.4. The van der Waals surface area contributed by atoms with Crippen molar-refractivity contribution in [2.24, 2.45) is 0 Å². The first kappa shape index (κ1) is 38.7. The van der Waals surface area contributed by atoms with Crippen LogP contribution in [-0.2, 0) is 33.5 Å². The van der Waals surface area contributed by atoms with Crippen molar-refractivity contribution in [3.8, 4) is 28.7 Å². The number of hydrogen-bond donors (Lipinski definition) is 0. The average molecular weight is 723 g/mol. The lowest BCUT2D eigenvalue weighted by molar-refractivity contribution is 0.00468. The Balaban J connectivity index is 1.66. The van der Waals surface area contributed by atoms with Gasteiger partial charge in [-0.15, -0.1) is 0 Å². The van der Waals surface area contributed by atoms with Crippen molar-refractivity contribution >= 4 is 18.8 Å². The van der Waals surface area contributed by atoms with Gasteiger partial charge in [-0.05, 0) is 58.4 Å². The predicted octanol–water partition coefficient (Wildman–Crippen LogP) is 9.83. The van der Waals surface area contributed by atoms with Crippen molar-refractivity contribution in [3.63, 3.8) is 0 Å². The van der Waals surface area contributed by atoms with Gasteiger partial charge in [0, 0.05) is 11.1 Å². The van der Waals surface area contributed by atoms with Crippen molar-refractivity contribution in [2.45, 2.75) is 65.6 Å². The van der Waals surface area contributed by atoms with Gasteiger partial charge < -0.3 is 32.9 Å². The second kappa shape index (κ2) is 17.8. The number of hydrogen-bond acceptors (Lipinski definition) is 7. The van der Waals surface area contributed by atoms with E-state index >= 15 is 0 Å². The molecule has 0 fully saturated rings. The Bertz CT molecular complexity index is 1730. The lowest BCUT2D eigenvalue weighted by Crippen LogP contribution is -2.27. The summed E-state index contributed by atoms with van der Waals surface area (Å²) in [7, 11) is 1.67. The van der Waals surface area contributed by atoms with Crippen LogP contribution in [-0.4, -0.2) is 27.8 Å². The van der Waals surface area contributed by atoms with E-state index in [-0.39, 0.29) is 24.4 Å². The van der Waals surface area contributed by atoms with Gasteiger partial charge in [-0.2, -0.15) is 0 Å². The molecule has 5 aromatic rings. The summed E-state index contributed by atoms with van der Waals surface area (Å²) in [5.74, 6) is 3.43. The fourth-order valence-electron chi connectivity index (χ4n) is 5.61. The molecule has 0 aliphatic rings. The molecule has 0 saturated carbocycles. The van der Waals surface area contributed by atoms with E-state index in [9.17, 15) is 0 Å². The molecule has 0 saturated heterocycles. The quantitative estimate of drug-likeness (QED) is 0.0571. The summed E-state index contributed by atoms with van der Waals surface area (Å²) in [6.45, 7) is 13.8. The van der Waals surface area contributed by atoms with Crippen molar-refractivity contribution in [2.75, 3.05) is 27.8 Å². The molecule has 0 amide bonds. The average Bonchev–Trinajstić information content (AvgIpc) is 3.14. The van der Waals surface area contributed by atoms with Crippen LogP contribution in [0.15, 0.2) is 115 Å². The van der Waals surface area contributed by atoms with Crippen LogP contribution in [0.1, 0.15) is 63.8 Å². The summed E-state index contributed by atoms with van der Waals surface area (Å²) in [6.07, 6.45) is 0. The molecule has 0 unspecified atom stereocenters. The van der Waals surface area contributed by atoms with Crippen LogP contribution < -0.4 is 34.1 Å². The van der Waals surface area contributed by atoms with Gasteiger partial charge in [-0.1, -0.05) is 120 Å². The highest BCUT2D eigenvalue weighted by molar-refractivity contribution is 7.69. The minimum absolute atomic E-state index is 0.0356. The molecule has 8 heteroatoms. The van der Waals surface area contributed by atoms with E-state index in [1.807, 2.05) is 115 Å². The molecular formula is C44H51O7P. The third-order valence-electron chi connectivity index (χ3n) is 8.35. The largest absolute Gasteiger partial charge is 0.497 e. The molecule has 0 N–H and O–H groups in total. The molecule has 0 heterocycles. The van der Waals surface area contributed by atoms with Crippen LogP contribution in [0.3, 0.4) is 0 Å². The lowest BCUT2D eigenvalue weighted by atomic mass is 9.86. The normalized spacial score (nSPS) is 11.7. The van der Waals surface area contributed by atoms with Gasteiger partial charge in [0.05, 0.1) is 38.0 Å². The summed E-state index contributed by atoms with van der Waals surface area (Å²) < 4.78 is 44.4. The molecule has 7 nitrogen and oxygen atoms in total. The first-order valence-electron chi connectivity index (χ1n) is 17.4. The highest BCUT2D eigenvalue weighted by atomic mass is 31.1. The smallest absolute Gasteiger partial charge is 0.189 e. The van der Waals surface area contributed by atoms with E-state index in [0.717, 1.165) is 32.9 Å². The Labute approximate surface area is 310 Å². The summed E-state index contributed by atoms with van der Waals surface area (Å²) in [4.78, 5) is 0. The number of ether oxygens (including phenoxy) is 6. The SMILES string of the molecule is COc1cc(P(Oc2ccccc2)c2cc(OC)cc(C(C)(C)C)c2OCOCc2ccccc2)c(OCOCc2ccccc2)c(C(C)(C)C)c1. The van der Waals surface area contributed by atoms with Gasteiger partial charge in [0.2, 0.25) is 0 Å². The second-order valence-corrected chi connectivity index (χ2v) is 16.2. The molecule has 0 bridgehead atoms. The van der Waals surface area contributed by atoms with Crippen LogP contribution >= 0.6 is 8.15 Å². The zero-order valence-corrected chi connectivity index (χ0v) is 32.5. The van der Waals surface area contributed by atoms with Gasteiger partial charge in [-0.3, -0.25) is 0 Å². The maximum absolute atomic E-state index is 7.07. The predicted molar refractivity (Wildman–Crippen MR) is 210 cm³/mol. The molecule has 0 atom stereocenters. The maximum Gasteiger partial charge on any atom is 0.189 e. The molecule has 5 aromatic carbocycles. The zero-order chi connectivity index (χ0) is 37.1. The van der Waals surface area contributed by atoms with Crippen molar-refractivity contribution in [1.29, 1.82) is 0 Å². The van der Waals surface area contributed by atoms with Gasteiger partial charge in [0.15, 0.2) is 21.7 Å². The van der Waals surface area contributed by atoms with E-state index in [1.54, 1.807) is 14.2 Å². The highest BCUT2D eigenvalue weighted by Gasteiger charge is 2.34. The number of benzene rings is 5. The number of para-hydroxylation sites is 1. The Hall–Kier alpha value is -4.55. The Kier molecular flexibility index (Phi) is 13.2. The summed E-state index contributed by atoms with van der Waals surface area (Å²) in [6, 6.07) is 38.0. The summed E-state index contributed by atoms with van der Waals surface area (Å²) in [5, 5.41) is 1.63. The molecule has 0 spiro atoms. The molecule has 0 aromatic heterocycles. The molecule has 0 aliphatic heterocycles. The molecule has 5 rings (SSSR count). The third-order valence-corrected chi connectivity index (χ3v) is 10.3. The fourth-order valence-corrected chi connectivity index (χ4v) is 7.63. The maximum atomic E-state index is 7.07. The van der Waals surface area contributed by atoms with Gasteiger partial charge in [-0.25, -0.2) is 0 Å². The van der Waals surface area contributed by atoms with Crippen molar-refractivity contribution in [1.82, 2.24) is 0 Å².